The fourth-order valence-electron chi connectivity index (χ4n) is 1.92. The summed E-state index contributed by atoms with van der Waals surface area (Å²) in [4.78, 5) is 10.5. The lowest BCUT2D eigenvalue weighted by atomic mass is 9.89. The molecular weight excluding hydrogens is 198 g/mol. The summed E-state index contributed by atoms with van der Waals surface area (Å²) in [6, 6.07) is -0.393. The first kappa shape index (κ1) is 12.4. The lowest BCUT2D eigenvalue weighted by Gasteiger charge is -2.39. The number of ether oxygens (including phenoxy) is 1. The highest BCUT2D eigenvalue weighted by Gasteiger charge is 2.37. The third kappa shape index (κ3) is 3.15. The zero-order valence-electron chi connectivity index (χ0n) is 9.09. The van der Waals surface area contributed by atoms with Crippen molar-refractivity contribution in [2.75, 3.05) is 0 Å². The van der Waals surface area contributed by atoms with Crippen molar-refractivity contribution >= 4 is 5.97 Å². The van der Waals surface area contributed by atoms with E-state index in [1.165, 1.54) is 0 Å². The van der Waals surface area contributed by atoms with E-state index in [4.69, 9.17) is 15.6 Å². The number of rotatable bonds is 3. The summed E-state index contributed by atoms with van der Waals surface area (Å²) < 4.78 is 5.53. The standard InChI is InChI=1S/C10H19NO4/c1-5(2)10-9(14)7(11)3-6(15-10)4-8(12)13/h5-7,9-10,14H,3-4,11H2,1-2H3,(H,12,13)/t6-,7-,9+,10-/m0/s1. The number of aliphatic hydroxyl groups is 1. The Kier molecular flexibility index (Phi) is 4.07. The van der Waals surface area contributed by atoms with Crippen LogP contribution < -0.4 is 5.73 Å². The van der Waals surface area contributed by atoms with Crippen molar-refractivity contribution < 1.29 is 19.7 Å². The van der Waals surface area contributed by atoms with E-state index >= 15 is 0 Å². The van der Waals surface area contributed by atoms with Crippen LogP contribution in [0.3, 0.4) is 0 Å². The van der Waals surface area contributed by atoms with E-state index in [-0.39, 0.29) is 24.5 Å². The molecule has 88 valence electrons. The van der Waals surface area contributed by atoms with Gasteiger partial charge in [0.1, 0.15) is 0 Å². The topological polar surface area (TPSA) is 92.8 Å². The Bertz CT molecular complexity index is 231. The summed E-state index contributed by atoms with van der Waals surface area (Å²) in [5.74, 6) is -0.770. The van der Waals surface area contributed by atoms with E-state index in [0.29, 0.717) is 6.42 Å². The van der Waals surface area contributed by atoms with E-state index in [1.54, 1.807) is 0 Å². The molecule has 1 saturated heterocycles. The van der Waals surface area contributed by atoms with Crippen LogP contribution in [0.1, 0.15) is 26.7 Å². The van der Waals surface area contributed by atoms with Crippen LogP contribution in [0.2, 0.25) is 0 Å². The third-order valence-electron chi connectivity index (χ3n) is 2.72. The molecule has 0 spiro atoms. The maximum atomic E-state index is 10.5. The molecule has 5 heteroatoms. The summed E-state index contributed by atoms with van der Waals surface area (Å²) in [5.41, 5.74) is 5.75. The van der Waals surface area contributed by atoms with Crippen molar-refractivity contribution in [1.82, 2.24) is 0 Å². The number of aliphatic hydroxyl groups excluding tert-OH is 1. The molecule has 1 aliphatic rings. The van der Waals surface area contributed by atoms with E-state index in [9.17, 15) is 9.90 Å². The number of hydrogen-bond donors (Lipinski definition) is 3. The van der Waals surface area contributed by atoms with Gasteiger partial charge in [-0.15, -0.1) is 0 Å². The summed E-state index contributed by atoms with van der Waals surface area (Å²) in [7, 11) is 0. The maximum absolute atomic E-state index is 10.5. The third-order valence-corrected chi connectivity index (χ3v) is 2.72. The van der Waals surface area contributed by atoms with Crippen LogP contribution in [0, 0.1) is 5.92 Å². The average Bonchev–Trinajstić information content (AvgIpc) is 2.09. The lowest BCUT2D eigenvalue weighted by Crippen LogP contribution is -2.54. The van der Waals surface area contributed by atoms with Gasteiger partial charge in [0.2, 0.25) is 0 Å². The van der Waals surface area contributed by atoms with Gasteiger partial charge < -0.3 is 20.7 Å². The second-order valence-electron chi connectivity index (χ2n) is 4.45. The van der Waals surface area contributed by atoms with Crippen LogP contribution in [0.5, 0.6) is 0 Å². The number of hydrogen-bond acceptors (Lipinski definition) is 4. The fourth-order valence-corrected chi connectivity index (χ4v) is 1.92. The molecule has 0 bridgehead atoms. The largest absolute Gasteiger partial charge is 0.481 e. The van der Waals surface area contributed by atoms with E-state index < -0.39 is 18.1 Å². The van der Waals surface area contributed by atoms with Gasteiger partial charge in [0.15, 0.2) is 0 Å². The van der Waals surface area contributed by atoms with Gasteiger partial charge in [-0.25, -0.2) is 0 Å². The van der Waals surface area contributed by atoms with Gasteiger partial charge in [-0.1, -0.05) is 13.8 Å². The Morgan fingerprint density at radius 3 is 2.67 bits per heavy atom. The van der Waals surface area contributed by atoms with Gasteiger partial charge in [0, 0.05) is 6.04 Å². The second-order valence-corrected chi connectivity index (χ2v) is 4.45. The van der Waals surface area contributed by atoms with Crippen LogP contribution in [0.15, 0.2) is 0 Å². The van der Waals surface area contributed by atoms with Crippen molar-refractivity contribution in [2.24, 2.45) is 11.7 Å². The van der Waals surface area contributed by atoms with Gasteiger partial charge in [0.05, 0.1) is 24.7 Å². The van der Waals surface area contributed by atoms with Gasteiger partial charge in [-0.2, -0.15) is 0 Å². The van der Waals surface area contributed by atoms with Gasteiger partial charge >= 0.3 is 5.97 Å². The van der Waals surface area contributed by atoms with Gasteiger partial charge in [-0.05, 0) is 12.3 Å². The molecule has 0 aromatic carbocycles. The first-order valence-corrected chi connectivity index (χ1v) is 5.22. The number of nitrogens with two attached hydrogens (primary N) is 1. The first-order valence-electron chi connectivity index (χ1n) is 5.22. The van der Waals surface area contributed by atoms with Crippen molar-refractivity contribution in [1.29, 1.82) is 0 Å². The van der Waals surface area contributed by atoms with Crippen LogP contribution >= 0.6 is 0 Å². The lowest BCUT2D eigenvalue weighted by molar-refractivity contribution is -0.160. The summed E-state index contributed by atoms with van der Waals surface area (Å²) in [6.45, 7) is 3.84. The van der Waals surface area contributed by atoms with Gasteiger partial charge in [0.25, 0.3) is 0 Å². The Morgan fingerprint density at radius 1 is 1.60 bits per heavy atom. The second kappa shape index (κ2) is 4.92. The molecule has 0 aromatic heterocycles. The smallest absolute Gasteiger partial charge is 0.305 e. The molecule has 0 amide bonds. The monoisotopic (exact) mass is 217 g/mol. The van der Waals surface area contributed by atoms with Crippen molar-refractivity contribution in [3.05, 3.63) is 0 Å². The van der Waals surface area contributed by atoms with Gasteiger partial charge in [-0.3, -0.25) is 4.79 Å². The van der Waals surface area contributed by atoms with Crippen LogP contribution in [-0.2, 0) is 9.53 Å². The number of aliphatic carboxylic acids is 1. The Morgan fingerprint density at radius 2 is 2.20 bits per heavy atom. The molecule has 0 saturated carbocycles. The molecule has 0 aliphatic carbocycles. The molecule has 0 radical (unpaired) electrons. The molecule has 1 heterocycles. The molecule has 4 N–H and O–H groups in total. The number of carboxylic acids is 1. The Labute approximate surface area is 89.2 Å². The number of carbonyl (C=O) groups is 1. The maximum Gasteiger partial charge on any atom is 0.305 e. The number of carboxylic acid groups (broad SMARTS) is 1. The highest BCUT2D eigenvalue weighted by molar-refractivity contribution is 5.67. The highest BCUT2D eigenvalue weighted by atomic mass is 16.5. The molecule has 4 atom stereocenters. The molecule has 5 nitrogen and oxygen atoms in total. The van der Waals surface area contributed by atoms with Crippen LogP contribution in [0.4, 0.5) is 0 Å². The minimum atomic E-state index is -0.897. The van der Waals surface area contributed by atoms with Crippen molar-refractivity contribution in [3.63, 3.8) is 0 Å². The molecule has 1 aliphatic heterocycles. The molecular formula is C10H19NO4. The predicted octanol–water partition coefficient (Wildman–Crippen LogP) is -0.0372. The quantitative estimate of drug-likeness (QED) is 0.617. The fraction of sp³-hybridized carbons (Fsp3) is 0.900. The van der Waals surface area contributed by atoms with Crippen molar-refractivity contribution in [2.45, 2.75) is 51.0 Å². The minimum absolute atomic E-state index is 0.0519. The van der Waals surface area contributed by atoms with Crippen molar-refractivity contribution in [3.8, 4) is 0 Å². The molecule has 1 rings (SSSR count). The van der Waals surface area contributed by atoms with E-state index in [2.05, 4.69) is 0 Å². The van der Waals surface area contributed by atoms with E-state index in [1.807, 2.05) is 13.8 Å². The minimum Gasteiger partial charge on any atom is -0.481 e. The van der Waals surface area contributed by atoms with Crippen LogP contribution in [-0.4, -0.2) is 40.5 Å². The zero-order valence-corrected chi connectivity index (χ0v) is 9.09. The zero-order chi connectivity index (χ0) is 11.6. The summed E-state index contributed by atoms with van der Waals surface area (Å²) in [5, 5.41) is 18.4. The highest BCUT2D eigenvalue weighted by Crippen LogP contribution is 2.25. The Balaban J connectivity index is 2.62. The summed E-state index contributed by atoms with van der Waals surface area (Å²) in [6.07, 6.45) is -1.10. The molecule has 1 fully saturated rings. The average molecular weight is 217 g/mol. The first-order chi connectivity index (χ1) is 6.91. The molecule has 0 unspecified atom stereocenters. The van der Waals surface area contributed by atoms with E-state index in [0.717, 1.165) is 0 Å². The SMILES string of the molecule is CC(C)[C@@H]1O[C@H](CC(=O)O)C[C@H](N)[C@H]1O. The van der Waals surface area contributed by atoms with Crippen LogP contribution in [0.25, 0.3) is 0 Å². The summed E-state index contributed by atoms with van der Waals surface area (Å²) >= 11 is 0. The molecule has 0 aromatic rings. The predicted molar refractivity (Wildman–Crippen MR) is 54.4 cm³/mol. The Hall–Kier alpha value is -0.650. The normalized spacial score (nSPS) is 36.9. The molecule has 15 heavy (non-hydrogen) atoms.